The van der Waals surface area contributed by atoms with Gasteiger partial charge >= 0.3 is 5.97 Å². The molecule has 1 atom stereocenters. The van der Waals surface area contributed by atoms with E-state index in [2.05, 4.69) is 0 Å². The molecule has 2 aliphatic heterocycles. The third-order valence-electron chi connectivity index (χ3n) is 5.19. The van der Waals surface area contributed by atoms with Gasteiger partial charge < -0.3 is 14.7 Å². The van der Waals surface area contributed by atoms with E-state index in [1.807, 2.05) is 0 Å². The minimum absolute atomic E-state index is 0.0950. The lowest BCUT2D eigenvalue weighted by atomic mass is 9.72. The van der Waals surface area contributed by atoms with Gasteiger partial charge in [0.15, 0.2) is 0 Å². The summed E-state index contributed by atoms with van der Waals surface area (Å²) in [5.41, 5.74) is -0.158. The second-order valence-corrected chi connectivity index (χ2v) is 6.63. The summed E-state index contributed by atoms with van der Waals surface area (Å²) < 4.78 is 19.1. The minimum atomic E-state index is -0.862. The van der Waals surface area contributed by atoms with Crippen molar-refractivity contribution in [2.45, 2.75) is 31.1 Å². The van der Waals surface area contributed by atoms with Crippen LogP contribution in [0.2, 0.25) is 0 Å². The second-order valence-electron chi connectivity index (χ2n) is 6.63. The Morgan fingerprint density at radius 2 is 2.04 bits per heavy atom. The predicted molar refractivity (Wildman–Crippen MR) is 85.1 cm³/mol. The van der Waals surface area contributed by atoms with Crippen molar-refractivity contribution in [1.82, 2.24) is 4.90 Å². The zero-order valence-electron chi connectivity index (χ0n) is 13.5. The number of likely N-dealkylation sites (tertiary alicyclic amines) is 1. The van der Waals surface area contributed by atoms with E-state index in [9.17, 15) is 19.1 Å². The summed E-state index contributed by atoms with van der Waals surface area (Å²) in [6.07, 6.45) is 2.25. The lowest BCUT2D eigenvalue weighted by Crippen LogP contribution is -2.53. The van der Waals surface area contributed by atoms with Crippen LogP contribution in [0.5, 0.6) is 0 Å². The summed E-state index contributed by atoms with van der Waals surface area (Å²) in [7, 11) is 0. The number of halogens is 1. The zero-order valence-corrected chi connectivity index (χ0v) is 13.5. The van der Waals surface area contributed by atoms with Gasteiger partial charge in [0.05, 0.1) is 11.3 Å². The van der Waals surface area contributed by atoms with Gasteiger partial charge in [0.2, 0.25) is 5.91 Å². The maximum absolute atomic E-state index is 13.7. The molecule has 2 aliphatic rings. The standard InChI is InChI=1S/C18H22FNO4/c19-15-5-1-4-14(11-15)18(6-9-24-10-7-18)17(23)20-8-2-3-13(12-20)16(21)22/h1,4-5,11,13H,2-3,6-10,12H2,(H,21,22)/t13-/m0/s1. The van der Waals surface area contributed by atoms with E-state index < -0.39 is 17.3 Å². The number of rotatable bonds is 3. The van der Waals surface area contributed by atoms with Gasteiger partial charge in [0.25, 0.3) is 0 Å². The van der Waals surface area contributed by atoms with Gasteiger partial charge in [-0.25, -0.2) is 4.39 Å². The lowest BCUT2D eigenvalue weighted by molar-refractivity contribution is -0.149. The molecular weight excluding hydrogens is 313 g/mol. The molecule has 0 aromatic heterocycles. The number of ether oxygens (including phenoxy) is 1. The molecule has 0 spiro atoms. The molecule has 0 bridgehead atoms. The minimum Gasteiger partial charge on any atom is -0.481 e. The molecule has 5 nitrogen and oxygen atoms in total. The molecule has 2 heterocycles. The maximum Gasteiger partial charge on any atom is 0.308 e. The van der Waals surface area contributed by atoms with Gasteiger partial charge in [-0.3, -0.25) is 9.59 Å². The van der Waals surface area contributed by atoms with Crippen LogP contribution in [0.4, 0.5) is 4.39 Å². The molecule has 0 unspecified atom stereocenters. The van der Waals surface area contributed by atoms with E-state index in [0.717, 1.165) is 0 Å². The van der Waals surface area contributed by atoms with Crippen molar-refractivity contribution < 1.29 is 23.8 Å². The molecule has 1 N–H and O–H groups in total. The SMILES string of the molecule is O=C(O)[C@H]1CCCN(C(=O)C2(c3cccc(F)c3)CCOCC2)C1. The first-order valence-corrected chi connectivity index (χ1v) is 8.39. The van der Waals surface area contributed by atoms with Gasteiger partial charge in [-0.1, -0.05) is 12.1 Å². The number of carbonyl (C=O) groups is 2. The number of carboxylic acid groups (broad SMARTS) is 1. The molecule has 3 rings (SSSR count). The molecule has 1 aromatic rings. The smallest absolute Gasteiger partial charge is 0.308 e. The fourth-order valence-electron chi connectivity index (χ4n) is 3.80. The Hall–Kier alpha value is -1.95. The molecule has 1 aromatic carbocycles. The summed E-state index contributed by atoms with van der Waals surface area (Å²) in [5, 5.41) is 9.26. The topological polar surface area (TPSA) is 66.8 Å². The fourth-order valence-corrected chi connectivity index (χ4v) is 3.80. The number of nitrogens with zero attached hydrogens (tertiary/aromatic N) is 1. The summed E-state index contributed by atoms with van der Waals surface area (Å²) in [6, 6.07) is 6.18. The number of benzene rings is 1. The normalized spacial score (nSPS) is 23.7. The molecule has 130 valence electrons. The van der Waals surface area contributed by atoms with Crippen molar-refractivity contribution in [2.75, 3.05) is 26.3 Å². The van der Waals surface area contributed by atoms with Crippen LogP contribution in [-0.2, 0) is 19.7 Å². The highest BCUT2D eigenvalue weighted by Crippen LogP contribution is 2.38. The molecule has 24 heavy (non-hydrogen) atoms. The van der Waals surface area contributed by atoms with Crippen LogP contribution in [0.3, 0.4) is 0 Å². The average molecular weight is 335 g/mol. The van der Waals surface area contributed by atoms with Crippen LogP contribution >= 0.6 is 0 Å². The number of hydrogen-bond acceptors (Lipinski definition) is 3. The quantitative estimate of drug-likeness (QED) is 0.919. The summed E-state index contributed by atoms with van der Waals surface area (Å²) in [5.74, 6) is -1.85. The molecule has 0 saturated carbocycles. The summed E-state index contributed by atoms with van der Waals surface area (Å²) in [6.45, 7) is 1.67. The van der Waals surface area contributed by atoms with Crippen LogP contribution in [0.25, 0.3) is 0 Å². The number of piperidine rings is 1. The number of aliphatic carboxylic acids is 1. The Bertz CT molecular complexity index is 627. The monoisotopic (exact) mass is 335 g/mol. The molecule has 1 amide bonds. The largest absolute Gasteiger partial charge is 0.481 e. The van der Waals surface area contributed by atoms with Crippen molar-refractivity contribution in [3.63, 3.8) is 0 Å². The first-order valence-electron chi connectivity index (χ1n) is 8.39. The Morgan fingerprint density at radius 3 is 2.71 bits per heavy atom. The molecule has 0 aliphatic carbocycles. The van der Waals surface area contributed by atoms with Gasteiger partial charge in [-0.05, 0) is 43.4 Å². The van der Waals surface area contributed by atoms with E-state index in [1.165, 1.54) is 12.1 Å². The van der Waals surface area contributed by atoms with E-state index in [4.69, 9.17) is 4.74 Å². The van der Waals surface area contributed by atoms with E-state index in [1.54, 1.807) is 17.0 Å². The van der Waals surface area contributed by atoms with E-state index in [-0.39, 0.29) is 18.3 Å². The summed E-state index contributed by atoms with van der Waals surface area (Å²) >= 11 is 0. The Balaban J connectivity index is 1.91. The number of carbonyl (C=O) groups excluding carboxylic acids is 1. The summed E-state index contributed by atoms with van der Waals surface area (Å²) in [4.78, 5) is 26.2. The maximum atomic E-state index is 13.7. The fraction of sp³-hybridized carbons (Fsp3) is 0.556. The third kappa shape index (κ3) is 3.15. The highest BCUT2D eigenvalue weighted by molar-refractivity contribution is 5.89. The number of amides is 1. The van der Waals surface area contributed by atoms with Crippen LogP contribution in [0.15, 0.2) is 24.3 Å². The lowest BCUT2D eigenvalue weighted by Gasteiger charge is -2.42. The Kier molecular flexibility index (Phi) is 4.85. The molecule has 6 heteroatoms. The van der Waals surface area contributed by atoms with Crippen LogP contribution in [0.1, 0.15) is 31.2 Å². The van der Waals surface area contributed by atoms with E-state index >= 15 is 0 Å². The highest BCUT2D eigenvalue weighted by Gasteiger charge is 2.45. The van der Waals surface area contributed by atoms with Crippen LogP contribution in [0, 0.1) is 11.7 Å². The van der Waals surface area contributed by atoms with Crippen LogP contribution in [-0.4, -0.2) is 48.2 Å². The average Bonchev–Trinajstić information content (AvgIpc) is 2.61. The Morgan fingerprint density at radius 1 is 1.29 bits per heavy atom. The molecule has 0 radical (unpaired) electrons. The second kappa shape index (κ2) is 6.89. The number of carboxylic acids is 1. The molecule has 2 saturated heterocycles. The third-order valence-corrected chi connectivity index (χ3v) is 5.19. The van der Waals surface area contributed by atoms with Crippen molar-refractivity contribution >= 4 is 11.9 Å². The van der Waals surface area contributed by atoms with Crippen molar-refractivity contribution in [3.05, 3.63) is 35.6 Å². The predicted octanol–water partition coefficient (Wildman–Crippen LogP) is 2.20. The first-order chi connectivity index (χ1) is 11.5. The number of hydrogen-bond donors (Lipinski definition) is 1. The zero-order chi connectivity index (χ0) is 17.2. The van der Waals surface area contributed by atoms with E-state index in [0.29, 0.717) is 51.0 Å². The highest BCUT2D eigenvalue weighted by atomic mass is 19.1. The molecular formula is C18H22FNO4. The van der Waals surface area contributed by atoms with Crippen molar-refractivity contribution in [2.24, 2.45) is 5.92 Å². The van der Waals surface area contributed by atoms with Gasteiger partial charge in [-0.2, -0.15) is 0 Å². The van der Waals surface area contributed by atoms with Crippen LogP contribution < -0.4 is 0 Å². The van der Waals surface area contributed by atoms with Gasteiger partial charge in [-0.15, -0.1) is 0 Å². The van der Waals surface area contributed by atoms with Gasteiger partial charge in [0, 0.05) is 26.3 Å². The molecule has 2 fully saturated rings. The van der Waals surface area contributed by atoms with Crippen molar-refractivity contribution in [3.8, 4) is 0 Å². The van der Waals surface area contributed by atoms with Crippen molar-refractivity contribution in [1.29, 1.82) is 0 Å². The first kappa shape index (κ1) is 16.9. The van der Waals surface area contributed by atoms with Gasteiger partial charge in [0.1, 0.15) is 5.82 Å². The Labute approximate surface area is 140 Å².